The van der Waals surface area contributed by atoms with Crippen LogP contribution in [0.5, 0.6) is 0 Å². The molecule has 0 unspecified atom stereocenters. The molecule has 2 aliphatic rings. The number of amides is 2. The molecular weight excluding hydrogens is 339 g/mol. The summed E-state index contributed by atoms with van der Waals surface area (Å²) in [7, 11) is 0. The minimum absolute atomic E-state index is 0.0105. The standard InChI is InChI=1S/C18H29FN4O3/c1-18(2,11-21-17(26)12-3-5-15(24)6-4-12)22-9-16(25)23-10-13(19)7-14(23)8-20/h12-15,22,24H,3-7,9-11H2,1-2H3,(H,21,26)/t12?,13-,14-,15?/m0/s1. The maximum atomic E-state index is 13.4. The molecule has 0 spiro atoms. The third-order valence-corrected chi connectivity index (χ3v) is 5.21. The van der Waals surface area contributed by atoms with Crippen molar-refractivity contribution in [3.05, 3.63) is 0 Å². The van der Waals surface area contributed by atoms with Gasteiger partial charge in [0.25, 0.3) is 0 Å². The van der Waals surface area contributed by atoms with Crippen LogP contribution in [-0.2, 0) is 9.59 Å². The summed E-state index contributed by atoms with van der Waals surface area (Å²) >= 11 is 0. The number of nitriles is 1. The number of hydrogen-bond acceptors (Lipinski definition) is 5. The van der Waals surface area contributed by atoms with Crippen molar-refractivity contribution in [1.82, 2.24) is 15.5 Å². The molecule has 146 valence electrons. The molecule has 0 aromatic heterocycles. The molecular formula is C18H29FN4O3. The Kier molecular flexibility index (Phi) is 6.95. The van der Waals surface area contributed by atoms with E-state index in [-0.39, 0.29) is 43.3 Å². The van der Waals surface area contributed by atoms with Crippen molar-refractivity contribution in [3.8, 4) is 6.07 Å². The van der Waals surface area contributed by atoms with E-state index in [1.807, 2.05) is 19.9 Å². The molecule has 2 atom stereocenters. The molecule has 8 heteroatoms. The van der Waals surface area contributed by atoms with Gasteiger partial charge in [0, 0.05) is 24.4 Å². The average molecular weight is 368 g/mol. The Morgan fingerprint density at radius 2 is 1.96 bits per heavy atom. The Morgan fingerprint density at radius 3 is 2.58 bits per heavy atom. The highest BCUT2D eigenvalue weighted by molar-refractivity contribution is 5.80. The Bertz CT molecular complexity index is 555. The molecule has 2 amide bonds. The second-order valence-corrected chi connectivity index (χ2v) is 7.98. The SMILES string of the molecule is CC(C)(CNC(=O)C1CCC(O)CC1)NCC(=O)N1C[C@@H](F)C[C@H]1C#N. The Balaban J connectivity index is 1.75. The zero-order valence-electron chi connectivity index (χ0n) is 15.5. The van der Waals surface area contributed by atoms with Gasteiger partial charge in [0.15, 0.2) is 0 Å². The number of rotatable bonds is 6. The molecule has 2 fully saturated rings. The maximum absolute atomic E-state index is 13.4. The number of alkyl halides is 1. The number of halogens is 1. The third kappa shape index (κ3) is 5.64. The smallest absolute Gasteiger partial charge is 0.237 e. The van der Waals surface area contributed by atoms with E-state index in [0.717, 1.165) is 0 Å². The maximum Gasteiger partial charge on any atom is 0.237 e. The van der Waals surface area contributed by atoms with Crippen molar-refractivity contribution in [2.75, 3.05) is 19.6 Å². The van der Waals surface area contributed by atoms with Crippen LogP contribution in [0.3, 0.4) is 0 Å². The molecule has 1 heterocycles. The van der Waals surface area contributed by atoms with E-state index in [1.54, 1.807) is 0 Å². The lowest BCUT2D eigenvalue weighted by molar-refractivity contribution is -0.130. The van der Waals surface area contributed by atoms with Crippen molar-refractivity contribution in [1.29, 1.82) is 5.26 Å². The van der Waals surface area contributed by atoms with Crippen molar-refractivity contribution in [3.63, 3.8) is 0 Å². The number of likely N-dealkylation sites (tertiary alicyclic amines) is 1. The topological polar surface area (TPSA) is 105 Å². The average Bonchev–Trinajstić information content (AvgIpc) is 2.99. The van der Waals surface area contributed by atoms with Gasteiger partial charge in [-0.2, -0.15) is 5.26 Å². The second kappa shape index (κ2) is 8.78. The van der Waals surface area contributed by atoms with Crippen LogP contribution in [0, 0.1) is 17.2 Å². The zero-order chi connectivity index (χ0) is 19.3. The number of carbonyl (C=O) groups is 2. The summed E-state index contributed by atoms with van der Waals surface area (Å²) in [6.45, 7) is 4.04. The molecule has 1 aliphatic carbocycles. The van der Waals surface area contributed by atoms with Crippen molar-refractivity contribution in [2.45, 2.75) is 69.8 Å². The molecule has 26 heavy (non-hydrogen) atoms. The first-order chi connectivity index (χ1) is 12.2. The van der Waals surface area contributed by atoms with E-state index < -0.39 is 17.8 Å². The fraction of sp³-hybridized carbons (Fsp3) is 0.833. The van der Waals surface area contributed by atoms with Gasteiger partial charge in [-0.25, -0.2) is 4.39 Å². The number of hydrogen-bond donors (Lipinski definition) is 3. The van der Waals surface area contributed by atoms with E-state index in [0.29, 0.717) is 32.2 Å². The monoisotopic (exact) mass is 368 g/mol. The number of aliphatic hydroxyl groups is 1. The summed E-state index contributed by atoms with van der Waals surface area (Å²) in [5, 5.41) is 24.5. The summed E-state index contributed by atoms with van der Waals surface area (Å²) < 4.78 is 13.4. The normalized spacial score (nSPS) is 29.3. The quantitative estimate of drug-likeness (QED) is 0.633. The van der Waals surface area contributed by atoms with Crippen LogP contribution in [0.2, 0.25) is 0 Å². The first-order valence-electron chi connectivity index (χ1n) is 9.26. The van der Waals surface area contributed by atoms with Crippen LogP contribution < -0.4 is 10.6 Å². The highest BCUT2D eigenvalue weighted by Crippen LogP contribution is 2.24. The Morgan fingerprint density at radius 1 is 1.31 bits per heavy atom. The summed E-state index contributed by atoms with van der Waals surface area (Å²) in [6.07, 6.45) is 1.31. The van der Waals surface area contributed by atoms with Gasteiger partial charge in [-0.1, -0.05) is 0 Å². The number of aliphatic hydroxyl groups excluding tert-OH is 1. The van der Waals surface area contributed by atoms with Crippen LogP contribution in [0.4, 0.5) is 4.39 Å². The molecule has 2 rings (SSSR count). The highest BCUT2D eigenvalue weighted by Gasteiger charge is 2.35. The Hall–Kier alpha value is -1.72. The fourth-order valence-electron chi connectivity index (χ4n) is 3.45. The predicted molar refractivity (Wildman–Crippen MR) is 93.7 cm³/mol. The number of nitrogens with one attached hydrogen (secondary N) is 2. The first-order valence-corrected chi connectivity index (χ1v) is 9.26. The van der Waals surface area contributed by atoms with E-state index in [4.69, 9.17) is 5.26 Å². The lowest BCUT2D eigenvalue weighted by Gasteiger charge is -2.30. The molecule has 1 saturated heterocycles. The molecule has 3 N–H and O–H groups in total. The van der Waals surface area contributed by atoms with Crippen LogP contribution in [0.25, 0.3) is 0 Å². The number of nitrogens with zero attached hydrogens (tertiary/aromatic N) is 2. The lowest BCUT2D eigenvalue weighted by Crippen LogP contribution is -2.53. The van der Waals surface area contributed by atoms with Gasteiger partial charge in [0.2, 0.25) is 11.8 Å². The van der Waals surface area contributed by atoms with E-state index >= 15 is 0 Å². The minimum atomic E-state index is -1.15. The van der Waals surface area contributed by atoms with Gasteiger partial charge in [0.05, 0.1) is 25.3 Å². The van der Waals surface area contributed by atoms with Crippen molar-refractivity contribution >= 4 is 11.8 Å². The molecule has 0 aromatic rings. The van der Waals surface area contributed by atoms with Gasteiger partial charge in [0.1, 0.15) is 12.2 Å². The largest absolute Gasteiger partial charge is 0.393 e. The highest BCUT2D eigenvalue weighted by atomic mass is 19.1. The van der Waals surface area contributed by atoms with Crippen LogP contribution in [-0.4, -0.2) is 65.3 Å². The molecule has 0 radical (unpaired) electrons. The van der Waals surface area contributed by atoms with Crippen molar-refractivity contribution in [2.24, 2.45) is 5.92 Å². The van der Waals surface area contributed by atoms with Crippen molar-refractivity contribution < 1.29 is 19.1 Å². The van der Waals surface area contributed by atoms with Crippen LogP contribution in [0.15, 0.2) is 0 Å². The van der Waals surface area contributed by atoms with Gasteiger partial charge in [-0.3, -0.25) is 9.59 Å². The molecule has 7 nitrogen and oxygen atoms in total. The first kappa shape index (κ1) is 20.6. The zero-order valence-corrected chi connectivity index (χ0v) is 15.5. The van der Waals surface area contributed by atoms with Crippen LogP contribution in [0.1, 0.15) is 46.0 Å². The van der Waals surface area contributed by atoms with E-state index in [9.17, 15) is 19.1 Å². The summed E-state index contributed by atoms with van der Waals surface area (Å²) in [4.78, 5) is 25.8. The van der Waals surface area contributed by atoms with E-state index in [2.05, 4.69) is 10.6 Å². The summed E-state index contributed by atoms with van der Waals surface area (Å²) in [5.41, 5.74) is -0.517. The van der Waals surface area contributed by atoms with Gasteiger partial charge < -0.3 is 20.6 Å². The molecule has 0 aromatic carbocycles. The van der Waals surface area contributed by atoms with Gasteiger partial charge in [-0.15, -0.1) is 0 Å². The fourth-order valence-corrected chi connectivity index (χ4v) is 3.45. The van der Waals surface area contributed by atoms with Crippen LogP contribution >= 0.6 is 0 Å². The molecule has 1 aliphatic heterocycles. The summed E-state index contributed by atoms with van der Waals surface area (Å²) in [5.74, 6) is -0.405. The second-order valence-electron chi connectivity index (χ2n) is 7.98. The molecule has 1 saturated carbocycles. The predicted octanol–water partition coefficient (Wildman–Crippen LogP) is 0.484. The minimum Gasteiger partial charge on any atom is -0.393 e. The van der Waals surface area contributed by atoms with Gasteiger partial charge >= 0.3 is 0 Å². The molecule has 0 bridgehead atoms. The Labute approximate surface area is 153 Å². The lowest BCUT2D eigenvalue weighted by atomic mass is 9.87. The number of carbonyl (C=O) groups excluding carboxylic acids is 2. The van der Waals surface area contributed by atoms with Gasteiger partial charge in [-0.05, 0) is 39.5 Å². The van der Waals surface area contributed by atoms with E-state index in [1.165, 1.54) is 4.90 Å². The summed E-state index contributed by atoms with van der Waals surface area (Å²) in [6, 6.07) is 1.26. The third-order valence-electron chi connectivity index (χ3n) is 5.21.